The van der Waals surface area contributed by atoms with E-state index in [2.05, 4.69) is 15.2 Å². The highest BCUT2D eigenvalue weighted by molar-refractivity contribution is 6.29. The van der Waals surface area contributed by atoms with Gasteiger partial charge in [0.1, 0.15) is 16.7 Å². The summed E-state index contributed by atoms with van der Waals surface area (Å²) >= 11 is 5.91. The molecule has 0 aliphatic carbocycles. The monoisotopic (exact) mass is 274 g/mol. The first kappa shape index (κ1) is 11.9. The molecule has 3 aromatic rings. The van der Waals surface area contributed by atoms with E-state index < -0.39 is 0 Å². The van der Waals surface area contributed by atoms with Crippen molar-refractivity contribution in [2.24, 2.45) is 0 Å². The van der Waals surface area contributed by atoms with Crippen LogP contribution in [0.1, 0.15) is 5.82 Å². The van der Waals surface area contributed by atoms with Gasteiger partial charge in [-0.3, -0.25) is 4.40 Å². The van der Waals surface area contributed by atoms with Gasteiger partial charge in [0.05, 0.1) is 7.11 Å². The van der Waals surface area contributed by atoms with Gasteiger partial charge in [0.2, 0.25) is 0 Å². The van der Waals surface area contributed by atoms with Crippen LogP contribution >= 0.6 is 11.6 Å². The second-order valence-electron chi connectivity index (χ2n) is 4.07. The minimum absolute atomic E-state index is 0.415. The number of methoxy groups -OCH3 is 1. The third-order valence-corrected chi connectivity index (χ3v) is 3.07. The van der Waals surface area contributed by atoms with Gasteiger partial charge in [0.25, 0.3) is 0 Å². The predicted octanol–water partition coefficient (Wildman–Crippen LogP) is 2.76. The minimum Gasteiger partial charge on any atom is -0.497 e. The molecule has 0 radical (unpaired) electrons. The Morgan fingerprint density at radius 3 is 2.58 bits per heavy atom. The Morgan fingerprint density at radius 2 is 1.89 bits per heavy atom. The van der Waals surface area contributed by atoms with E-state index in [0.29, 0.717) is 10.8 Å². The third-order valence-electron chi connectivity index (χ3n) is 2.88. The van der Waals surface area contributed by atoms with Crippen molar-refractivity contribution in [1.29, 1.82) is 0 Å². The summed E-state index contributed by atoms with van der Waals surface area (Å²) < 4.78 is 7.01. The van der Waals surface area contributed by atoms with Crippen LogP contribution in [0.4, 0.5) is 0 Å². The number of nitrogens with zero attached hydrogens (tertiary/aromatic N) is 4. The third kappa shape index (κ3) is 2.02. The molecule has 0 bridgehead atoms. The van der Waals surface area contributed by atoms with E-state index in [1.165, 1.54) is 0 Å². The van der Waals surface area contributed by atoms with Crippen LogP contribution in [0.2, 0.25) is 5.15 Å². The number of rotatable bonds is 2. The molecule has 1 aromatic carbocycles. The highest BCUT2D eigenvalue weighted by atomic mass is 35.5. The maximum absolute atomic E-state index is 5.91. The molecule has 0 atom stereocenters. The Labute approximate surface area is 114 Å². The summed E-state index contributed by atoms with van der Waals surface area (Å²) in [6, 6.07) is 9.32. The lowest BCUT2D eigenvalue weighted by Gasteiger charge is -2.04. The Balaban J connectivity index is 2.19. The molecule has 0 aliphatic rings. The molecule has 0 fully saturated rings. The van der Waals surface area contributed by atoms with Crippen molar-refractivity contribution in [2.45, 2.75) is 6.92 Å². The SMILES string of the molecule is COc1ccc(-c2nnc3cc(Cl)nc(C)n23)cc1. The van der Waals surface area contributed by atoms with Gasteiger partial charge in [-0.25, -0.2) is 4.98 Å². The number of hydrogen-bond acceptors (Lipinski definition) is 4. The molecule has 3 rings (SSSR count). The van der Waals surface area contributed by atoms with Crippen molar-refractivity contribution in [3.05, 3.63) is 41.3 Å². The van der Waals surface area contributed by atoms with Crippen LogP contribution in [0, 0.1) is 6.92 Å². The van der Waals surface area contributed by atoms with E-state index in [1.54, 1.807) is 13.2 Å². The van der Waals surface area contributed by atoms with Crippen molar-refractivity contribution in [3.8, 4) is 17.1 Å². The Kier molecular flexibility index (Phi) is 2.83. The normalized spacial score (nSPS) is 10.9. The molecule has 5 nitrogen and oxygen atoms in total. The molecule has 0 amide bonds. The van der Waals surface area contributed by atoms with Gasteiger partial charge in [-0.1, -0.05) is 11.6 Å². The van der Waals surface area contributed by atoms with Gasteiger partial charge < -0.3 is 4.74 Å². The first-order chi connectivity index (χ1) is 9.19. The van der Waals surface area contributed by atoms with Crippen LogP contribution in [-0.4, -0.2) is 26.7 Å². The summed E-state index contributed by atoms with van der Waals surface area (Å²) in [7, 11) is 1.64. The van der Waals surface area contributed by atoms with Crippen molar-refractivity contribution in [2.75, 3.05) is 7.11 Å². The summed E-state index contributed by atoms with van der Waals surface area (Å²) in [6.07, 6.45) is 0. The quantitative estimate of drug-likeness (QED) is 0.674. The van der Waals surface area contributed by atoms with Gasteiger partial charge >= 0.3 is 0 Å². The molecule has 0 saturated carbocycles. The van der Waals surface area contributed by atoms with Crippen LogP contribution in [0.3, 0.4) is 0 Å². The lowest BCUT2D eigenvalue weighted by atomic mass is 10.2. The number of halogens is 1. The summed E-state index contributed by atoms with van der Waals surface area (Å²) in [6.45, 7) is 1.87. The average molecular weight is 275 g/mol. The van der Waals surface area contributed by atoms with Gasteiger partial charge in [0.15, 0.2) is 11.5 Å². The first-order valence-corrected chi connectivity index (χ1v) is 6.09. The average Bonchev–Trinajstić information content (AvgIpc) is 2.83. The number of benzene rings is 1. The van der Waals surface area contributed by atoms with Crippen molar-refractivity contribution < 1.29 is 4.74 Å². The van der Waals surface area contributed by atoms with Crippen molar-refractivity contribution >= 4 is 17.2 Å². The fourth-order valence-electron chi connectivity index (χ4n) is 1.98. The van der Waals surface area contributed by atoms with Gasteiger partial charge in [-0.05, 0) is 31.2 Å². The van der Waals surface area contributed by atoms with Gasteiger partial charge in [0, 0.05) is 11.6 Å². The number of ether oxygens (including phenoxy) is 1. The van der Waals surface area contributed by atoms with Crippen LogP contribution in [0.25, 0.3) is 17.0 Å². The number of aryl methyl sites for hydroxylation is 1. The van der Waals surface area contributed by atoms with E-state index in [9.17, 15) is 0 Å². The fraction of sp³-hybridized carbons (Fsp3) is 0.154. The number of hydrogen-bond donors (Lipinski definition) is 0. The Hall–Kier alpha value is -2.14. The maximum Gasteiger partial charge on any atom is 0.169 e. The number of fused-ring (bicyclic) bond motifs is 1. The summed E-state index contributed by atoms with van der Waals surface area (Å²) in [5.74, 6) is 2.29. The summed E-state index contributed by atoms with van der Waals surface area (Å²) in [5, 5.41) is 8.73. The van der Waals surface area contributed by atoms with Gasteiger partial charge in [-0.2, -0.15) is 0 Å². The highest BCUT2D eigenvalue weighted by Gasteiger charge is 2.11. The highest BCUT2D eigenvalue weighted by Crippen LogP contribution is 2.23. The van der Waals surface area contributed by atoms with E-state index in [4.69, 9.17) is 16.3 Å². The lowest BCUT2D eigenvalue weighted by molar-refractivity contribution is 0.415. The van der Waals surface area contributed by atoms with Crippen LogP contribution in [0.5, 0.6) is 5.75 Å². The lowest BCUT2D eigenvalue weighted by Crippen LogP contribution is -1.98. The Morgan fingerprint density at radius 1 is 1.16 bits per heavy atom. The second-order valence-corrected chi connectivity index (χ2v) is 4.46. The standard InChI is InChI=1S/C13H11ClN4O/c1-8-15-11(14)7-12-16-17-13(18(8)12)9-3-5-10(19-2)6-4-9/h3-7H,1-2H3. The molecule has 96 valence electrons. The van der Waals surface area contributed by atoms with Gasteiger partial charge in [-0.15, -0.1) is 10.2 Å². The molecule has 0 aliphatic heterocycles. The molecule has 0 unspecified atom stereocenters. The molecule has 19 heavy (non-hydrogen) atoms. The molecular formula is C13H11ClN4O. The number of aromatic nitrogens is 4. The van der Waals surface area contributed by atoms with E-state index in [1.807, 2.05) is 35.6 Å². The molecular weight excluding hydrogens is 264 g/mol. The first-order valence-electron chi connectivity index (χ1n) is 5.72. The van der Waals surface area contributed by atoms with Crippen LogP contribution < -0.4 is 4.74 Å². The summed E-state index contributed by atoms with van der Waals surface area (Å²) in [4.78, 5) is 4.22. The zero-order valence-electron chi connectivity index (χ0n) is 10.5. The topological polar surface area (TPSA) is 52.3 Å². The van der Waals surface area contributed by atoms with Crippen LogP contribution in [0.15, 0.2) is 30.3 Å². The molecule has 0 saturated heterocycles. The second kappa shape index (κ2) is 4.51. The molecule has 0 N–H and O–H groups in total. The molecule has 0 spiro atoms. The van der Waals surface area contributed by atoms with Crippen molar-refractivity contribution in [1.82, 2.24) is 19.6 Å². The Bertz CT molecular complexity index is 736. The zero-order chi connectivity index (χ0) is 13.4. The van der Waals surface area contributed by atoms with E-state index >= 15 is 0 Å². The fourth-order valence-corrected chi connectivity index (χ4v) is 2.20. The largest absolute Gasteiger partial charge is 0.497 e. The molecule has 2 heterocycles. The molecule has 6 heteroatoms. The maximum atomic E-state index is 5.91. The van der Waals surface area contributed by atoms with E-state index in [-0.39, 0.29) is 0 Å². The smallest absolute Gasteiger partial charge is 0.169 e. The van der Waals surface area contributed by atoms with Crippen molar-refractivity contribution in [3.63, 3.8) is 0 Å². The predicted molar refractivity (Wildman–Crippen MR) is 72.5 cm³/mol. The summed E-state index contributed by atoms with van der Waals surface area (Å²) in [5.41, 5.74) is 1.63. The zero-order valence-corrected chi connectivity index (χ0v) is 11.2. The minimum atomic E-state index is 0.415. The van der Waals surface area contributed by atoms with E-state index in [0.717, 1.165) is 23.0 Å². The molecule has 2 aromatic heterocycles. The van der Waals surface area contributed by atoms with Crippen LogP contribution in [-0.2, 0) is 0 Å².